The third-order valence-electron chi connectivity index (χ3n) is 12.0. The van der Waals surface area contributed by atoms with Gasteiger partial charge in [-0.15, -0.1) is 0 Å². The normalized spacial score (nSPS) is 41.2. The Labute approximate surface area is 253 Å². The molecule has 0 amide bonds. The van der Waals surface area contributed by atoms with E-state index in [0.717, 1.165) is 42.1 Å². The molecular weight excluding hydrogens is 541 g/mol. The molecule has 0 aromatic heterocycles. The van der Waals surface area contributed by atoms with Crippen LogP contribution in [-0.4, -0.2) is 43.8 Å². The number of hydrogen-bond donors (Lipinski definition) is 0. The minimum absolute atomic E-state index is 0.470. The third kappa shape index (κ3) is 7.60. The van der Waals surface area contributed by atoms with Crippen molar-refractivity contribution in [2.45, 2.75) is 163 Å². The van der Waals surface area contributed by atoms with Crippen molar-refractivity contribution in [3.8, 4) is 0 Å². The molecule has 0 aliphatic heterocycles. The van der Waals surface area contributed by atoms with E-state index in [1.165, 1.54) is 70.6 Å². The van der Waals surface area contributed by atoms with Crippen LogP contribution in [0.15, 0.2) is 0 Å². The third-order valence-corrected chi connectivity index (χ3v) is 15.1. The maximum Gasteiger partial charge on any atom is 0.184 e. The zero-order chi connectivity index (χ0) is 29.7. The highest BCUT2D eigenvalue weighted by Gasteiger charge is 2.63. The van der Waals surface area contributed by atoms with Gasteiger partial charge in [-0.25, -0.2) is 0 Å². The lowest BCUT2D eigenvalue weighted by Crippen LogP contribution is -2.60. The topological polar surface area (TPSA) is 27.7 Å². The molecule has 0 bridgehead atoms. The largest absolute Gasteiger partial charge is 0.418 e. The lowest BCUT2D eigenvalue weighted by molar-refractivity contribution is -0.168. The van der Waals surface area contributed by atoms with Gasteiger partial charge in [0.25, 0.3) is 0 Å². The first-order chi connectivity index (χ1) is 18.3. The molecule has 234 valence electrons. The summed E-state index contributed by atoms with van der Waals surface area (Å²) in [6, 6.07) is 0. The molecule has 0 heterocycles. The second-order valence-electron chi connectivity index (χ2n) is 18.3. The maximum atomic E-state index is 7.24. The monoisotopic (exact) mass is 608 g/mol. The van der Waals surface area contributed by atoms with Gasteiger partial charge in [-0.05, 0) is 163 Å². The van der Waals surface area contributed by atoms with Crippen molar-refractivity contribution in [3.05, 3.63) is 0 Å². The van der Waals surface area contributed by atoms with Crippen molar-refractivity contribution in [1.29, 1.82) is 0 Å². The molecule has 40 heavy (non-hydrogen) atoms. The second-order valence-corrected chi connectivity index (χ2v) is 31.7. The molecule has 10 atom stereocenters. The van der Waals surface area contributed by atoms with E-state index in [1.54, 1.807) is 0 Å². The van der Waals surface area contributed by atoms with E-state index in [9.17, 15) is 0 Å². The fourth-order valence-corrected chi connectivity index (χ4v) is 13.6. The predicted molar refractivity (Wildman–Crippen MR) is 179 cm³/mol. The van der Waals surface area contributed by atoms with Crippen LogP contribution in [-0.2, 0) is 13.3 Å². The molecule has 3 nitrogen and oxygen atoms in total. The zero-order valence-electron chi connectivity index (χ0n) is 28.8. The van der Waals surface area contributed by atoms with Crippen LogP contribution in [0.3, 0.4) is 0 Å². The second kappa shape index (κ2) is 12.1. The van der Waals surface area contributed by atoms with Crippen LogP contribution < -0.4 is 0 Å². The first kappa shape index (κ1) is 33.4. The molecule has 7 unspecified atom stereocenters. The highest BCUT2D eigenvalue weighted by molar-refractivity contribution is 6.70. The first-order valence-corrected chi connectivity index (χ1v) is 27.5. The van der Waals surface area contributed by atoms with E-state index < -0.39 is 25.0 Å². The molecule has 4 aliphatic carbocycles. The fraction of sp³-hybridized carbons (Fsp3) is 1.00. The van der Waals surface area contributed by atoms with Crippen LogP contribution in [0, 0.1) is 46.3 Å². The fourth-order valence-electron chi connectivity index (χ4n) is 10.5. The summed E-state index contributed by atoms with van der Waals surface area (Å²) in [7, 11) is -4.53. The van der Waals surface area contributed by atoms with Gasteiger partial charge in [0.05, 0.1) is 0 Å². The molecule has 4 aliphatic rings. The summed E-state index contributed by atoms with van der Waals surface area (Å²) in [4.78, 5) is 0. The number of fused-ring (bicyclic) bond motifs is 5. The highest BCUT2D eigenvalue weighted by Crippen LogP contribution is 2.69. The minimum atomic E-state index is -1.64. The Bertz CT molecular complexity index is 845. The van der Waals surface area contributed by atoms with Gasteiger partial charge in [-0.3, -0.25) is 0 Å². The van der Waals surface area contributed by atoms with Gasteiger partial charge in [-0.2, -0.15) is 0 Å². The summed E-state index contributed by atoms with van der Waals surface area (Å²) >= 11 is 0. The molecule has 0 spiro atoms. The van der Waals surface area contributed by atoms with Gasteiger partial charge >= 0.3 is 0 Å². The van der Waals surface area contributed by atoms with Crippen LogP contribution in [0.1, 0.15) is 91.4 Å². The van der Waals surface area contributed by atoms with Crippen LogP contribution in [0.4, 0.5) is 0 Å². The van der Waals surface area contributed by atoms with Crippen molar-refractivity contribution in [2.75, 3.05) is 6.61 Å². The molecule has 0 radical (unpaired) electrons. The van der Waals surface area contributed by atoms with Crippen molar-refractivity contribution >= 4 is 25.0 Å². The Balaban J connectivity index is 1.49. The smallest absolute Gasteiger partial charge is 0.184 e. The van der Waals surface area contributed by atoms with Crippen LogP contribution >= 0.6 is 0 Å². The van der Waals surface area contributed by atoms with E-state index in [1.807, 2.05) is 0 Å². The van der Waals surface area contributed by atoms with Crippen molar-refractivity contribution in [2.24, 2.45) is 46.3 Å². The molecule has 0 aromatic carbocycles. The Morgan fingerprint density at radius 3 is 1.95 bits per heavy atom. The van der Waals surface area contributed by atoms with E-state index in [4.69, 9.17) is 13.3 Å². The highest BCUT2D eigenvalue weighted by atomic mass is 28.4. The first-order valence-electron chi connectivity index (χ1n) is 17.3. The molecule has 4 rings (SSSR count). The lowest BCUT2D eigenvalue weighted by atomic mass is 9.43. The Kier molecular flexibility index (Phi) is 10.1. The van der Waals surface area contributed by atoms with E-state index in [-0.39, 0.29) is 0 Å². The van der Waals surface area contributed by atoms with Gasteiger partial charge in [0.1, 0.15) is 0 Å². The van der Waals surface area contributed by atoms with Crippen LogP contribution in [0.2, 0.25) is 58.9 Å². The van der Waals surface area contributed by atoms with Gasteiger partial charge < -0.3 is 13.3 Å². The molecule has 4 saturated carbocycles. The van der Waals surface area contributed by atoms with Crippen LogP contribution in [0.25, 0.3) is 0 Å². The molecule has 6 heteroatoms. The van der Waals surface area contributed by atoms with Crippen molar-refractivity contribution in [1.82, 2.24) is 0 Å². The van der Waals surface area contributed by atoms with Crippen molar-refractivity contribution in [3.63, 3.8) is 0 Å². The van der Waals surface area contributed by atoms with Gasteiger partial charge in [0.15, 0.2) is 25.0 Å². The van der Waals surface area contributed by atoms with Crippen molar-refractivity contribution < 1.29 is 13.3 Å². The molecule has 4 fully saturated rings. The van der Waals surface area contributed by atoms with E-state index in [0.29, 0.717) is 23.0 Å². The molecule has 0 N–H and O–H groups in total. The summed E-state index contributed by atoms with van der Waals surface area (Å²) < 4.78 is 20.1. The average Bonchev–Trinajstić information content (AvgIpc) is 3.14. The zero-order valence-corrected chi connectivity index (χ0v) is 31.8. The lowest BCUT2D eigenvalue weighted by Gasteiger charge is -2.64. The minimum Gasteiger partial charge on any atom is -0.418 e. The van der Waals surface area contributed by atoms with Gasteiger partial charge in [0.2, 0.25) is 0 Å². The summed E-state index contributed by atoms with van der Waals surface area (Å²) in [5.41, 5.74) is 0.975. The summed E-state index contributed by atoms with van der Waals surface area (Å²) in [5, 5.41) is 0. The predicted octanol–water partition coefficient (Wildman–Crippen LogP) is 10.4. The van der Waals surface area contributed by atoms with E-state index in [2.05, 4.69) is 79.7 Å². The molecule has 0 aromatic rings. The Morgan fingerprint density at radius 1 is 0.700 bits per heavy atom. The van der Waals surface area contributed by atoms with Gasteiger partial charge in [-0.1, -0.05) is 33.6 Å². The Morgan fingerprint density at radius 2 is 1.32 bits per heavy atom. The summed E-state index contributed by atoms with van der Waals surface area (Å²) in [6.45, 7) is 30.3. The SMILES string of the molecule is CC(CCCCO[Si](C)(C)C)C1CCC2C3C(CCC12C)C1(C)CC[C@@H](O[Si](C)(C)C)C[C@H]1C[C@H]3O[Si](C)(C)C. The molecular formula is C34H68O3Si3. The Hall–Kier alpha value is 0.531. The quantitative estimate of drug-likeness (QED) is 0.172. The maximum absolute atomic E-state index is 7.24. The van der Waals surface area contributed by atoms with E-state index >= 15 is 0 Å². The van der Waals surface area contributed by atoms with Crippen LogP contribution in [0.5, 0.6) is 0 Å². The van der Waals surface area contributed by atoms with Gasteiger partial charge in [0, 0.05) is 18.8 Å². The summed E-state index contributed by atoms with van der Waals surface area (Å²) in [5.74, 6) is 4.94. The summed E-state index contributed by atoms with van der Waals surface area (Å²) in [6.07, 6.45) is 15.9. The number of unbranched alkanes of at least 4 members (excludes halogenated alkanes) is 1. The standard InChI is InChI=1S/C34H68O3Si3/c1-25(15-13-14-22-35-38(4,5)6)28-16-17-29-32-30(19-21-34(28,29)3)33(2)20-18-27(36-39(7,8)9)23-26(33)24-31(32)37-40(10,11)12/h25-32H,13-24H2,1-12H3/t25?,26-,27+,28?,29?,30?,31+,32?,33?,34?/m0/s1. The average molecular weight is 609 g/mol. The molecule has 0 saturated heterocycles. The number of rotatable bonds is 11. The number of hydrogen-bond acceptors (Lipinski definition) is 3.